The van der Waals surface area contributed by atoms with Gasteiger partial charge in [0.1, 0.15) is 11.5 Å². The first-order chi connectivity index (χ1) is 10.2. The molecule has 5 heteroatoms. The van der Waals surface area contributed by atoms with Gasteiger partial charge in [-0.2, -0.15) is 0 Å². The number of rotatable bonds is 6. The summed E-state index contributed by atoms with van der Waals surface area (Å²) in [5.74, 6) is 1.23. The maximum atomic E-state index is 11.8. The van der Waals surface area contributed by atoms with E-state index in [2.05, 4.69) is 5.32 Å². The fourth-order valence-electron chi connectivity index (χ4n) is 1.72. The van der Waals surface area contributed by atoms with E-state index in [0.29, 0.717) is 23.1 Å². The minimum atomic E-state index is -0.155. The van der Waals surface area contributed by atoms with E-state index in [1.807, 2.05) is 30.3 Å². The fourth-order valence-corrected chi connectivity index (χ4v) is 1.93. The molecule has 0 heterocycles. The Morgan fingerprint density at radius 2 is 1.90 bits per heavy atom. The van der Waals surface area contributed by atoms with Crippen molar-refractivity contribution >= 4 is 23.2 Å². The highest BCUT2D eigenvalue weighted by atomic mass is 35.5. The third-order valence-electron chi connectivity index (χ3n) is 2.79. The Kier molecular flexibility index (Phi) is 5.46. The van der Waals surface area contributed by atoms with E-state index in [-0.39, 0.29) is 12.3 Å². The molecule has 2 aromatic rings. The van der Waals surface area contributed by atoms with Gasteiger partial charge >= 0.3 is 0 Å². The second-order valence-corrected chi connectivity index (χ2v) is 4.71. The van der Waals surface area contributed by atoms with Gasteiger partial charge in [0.25, 0.3) is 0 Å². The molecule has 1 amide bonds. The lowest BCUT2D eigenvalue weighted by Gasteiger charge is -2.09. The Morgan fingerprint density at radius 3 is 2.57 bits per heavy atom. The maximum absolute atomic E-state index is 11.8. The van der Waals surface area contributed by atoms with Gasteiger partial charge in [-0.25, -0.2) is 0 Å². The van der Waals surface area contributed by atoms with Crippen LogP contribution in [0.2, 0.25) is 5.02 Å². The van der Waals surface area contributed by atoms with Gasteiger partial charge in [-0.3, -0.25) is 4.79 Å². The highest BCUT2D eigenvalue weighted by Crippen LogP contribution is 2.26. The first kappa shape index (κ1) is 15.2. The monoisotopic (exact) mass is 305 g/mol. The van der Waals surface area contributed by atoms with Crippen LogP contribution >= 0.6 is 11.6 Å². The molecule has 0 unspecified atom stereocenters. The normalized spacial score (nSPS) is 10.0. The van der Waals surface area contributed by atoms with E-state index in [4.69, 9.17) is 21.1 Å². The number of anilines is 1. The molecule has 0 aliphatic heterocycles. The van der Waals surface area contributed by atoms with Crippen molar-refractivity contribution in [3.8, 4) is 11.5 Å². The van der Waals surface area contributed by atoms with E-state index < -0.39 is 0 Å². The molecule has 0 atom stereocenters. The fraction of sp³-hybridized carbons (Fsp3) is 0.188. The van der Waals surface area contributed by atoms with Crippen LogP contribution in [0.5, 0.6) is 11.5 Å². The van der Waals surface area contributed by atoms with Crippen molar-refractivity contribution in [2.75, 3.05) is 19.0 Å². The summed E-state index contributed by atoms with van der Waals surface area (Å²) in [6.45, 7) is 0.309. The van der Waals surface area contributed by atoms with Crippen LogP contribution in [-0.4, -0.2) is 19.6 Å². The molecule has 110 valence electrons. The minimum absolute atomic E-state index is 0.155. The van der Waals surface area contributed by atoms with Crippen molar-refractivity contribution < 1.29 is 14.3 Å². The number of nitrogens with one attached hydrogen (secondary N) is 1. The van der Waals surface area contributed by atoms with Gasteiger partial charge in [0.05, 0.1) is 30.8 Å². The molecule has 0 aromatic heterocycles. The predicted molar refractivity (Wildman–Crippen MR) is 83.2 cm³/mol. The molecule has 0 radical (unpaired) electrons. The highest BCUT2D eigenvalue weighted by Gasteiger charge is 2.07. The third kappa shape index (κ3) is 4.68. The molecule has 0 aliphatic rings. The topological polar surface area (TPSA) is 47.6 Å². The van der Waals surface area contributed by atoms with E-state index in [1.54, 1.807) is 25.3 Å². The highest BCUT2D eigenvalue weighted by molar-refractivity contribution is 6.33. The molecule has 1 N–H and O–H groups in total. The largest absolute Gasteiger partial charge is 0.497 e. The number of carbonyl (C=O) groups is 1. The molecule has 0 aliphatic carbocycles. The molecule has 0 spiro atoms. The number of ether oxygens (including phenoxy) is 2. The van der Waals surface area contributed by atoms with Crippen LogP contribution in [0.1, 0.15) is 6.42 Å². The van der Waals surface area contributed by atoms with Gasteiger partial charge in [0, 0.05) is 6.07 Å². The van der Waals surface area contributed by atoms with E-state index in [1.165, 1.54) is 0 Å². The number of hydrogen-bond acceptors (Lipinski definition) is 3. The van der Waals surface area contributed by atoms with Gasteiger partial charge in [0.15, 0.2) is 0 Å². The Morgan fingerprint density at radius 1 is 1.14 bits per heavy atom. The summed E-state index contributed by atoms with van der Waals surface area (Å²) in [6.07, 6.45) is 0.247. The van der Waals surface area contributed by atoms with Crippen molar-refractivity contribution in [3.05, 3.63) is 53.6 Å². The van der Waals surface area contributed by atoms with Crippen LogP contribution in [0.25, 0.3) is 0 Å². The zero-order valence-electron chi connectivity index (χ0n) is 11.6. The first-order valence-electron chi connectivity index (χ1n) is 6.50. The molecule has 21 heavy (non-hydrogen) atoms. The molecular formula is C16H16ClNO3. The second-order valence-electron chi connectivity index (χ2n) is 4.31. The summed E-state index contributed by atoms with van der Waals surface area (Å²) < 4.78 is 10.5. The number of para-hydroxylation sites is 1. The summed E-state index contributed by atoms with van der Waals surface area (Å²) in [6, 6.07) is 14.5. The zero-order chi connectivity index (χ0) is 15.1. The summed E-state index contributed by atoms with van der Waals surface area (Å²) >= 11 is 6.06. The number of methoxy groups -OCH3 is 1. The van der Waals surface area contributed by atoms with Crippen LogP contribution < -0.4 is 14.8 Å². The van der Waals surface area contributed by atoms with Crippen LogP contribution in [-0.2, 0) is 4.79 Å². The summed E-state index contributed by atoms with van der Waals surface area (Å²) in [7, 11) is 1.56. The number of hydrogen-bond donors (Lipinski definition) is 1. The van der Waals surface area contributed by atoms with Crippen LogP contribution in [0.15, 0.2) is 48.5 Å². The predicted octanol–water partition coefficient (Wildman–Crippen LogP) is 3.76. The van der Waals surface area contributed by atoms with Crippen molar-refractivity contribution in [1.29, 1.82) is 0 Å². The molecule has 2 rings (SSSR count). The molecule has 0 bridgehead atoms. The van der Waals surface area contributed by atoms with Crippen molar-refractivity contribution in [3.63, 3.8) is 0 Å². The Hall–Kier alpha value is -2.20. The Bertz CT molecular complexity index is 602. The summed E-state index contributed by atoms with van der Waals surface area (Å²) in [4.78, 5) is 11.8. The van der Waals surface area contributed by atoms with E-state index >= 15 is 0 Å². The number of halogens is 1. The summed E-state index contributed by atoms with van der Waals surface area (Å²) in [5.41, 5.74) is 0.558. The Balaban J connectivity index is 1.82. The zero-order valence-corrected chi connectivity index (χ0v) is 12.4. The van der Waals surface area contributed by atoms with Gasteiger partial charge < -0.3 is 14.8 Å². The SMILES string of the molecule is COc1ccc(NC(=O)CCOc2ccccc2)c(Cl)c1. The number of carbonyl (C=O) groups excluding carboxylic acids is 1. The van der Waals surface area contributed by atoms with Gasteiger partial charge in [-0.05, 0) is 24.3 Å². The van der Waals surface area contributed by atoms with Crippen molar-refractivity contribution in [1.82, 2.24) is 0 Å². The Labute approximate surface area is 128 Å². The van der Waals surface area contributed by atoms with Gasteiger partial charge in [-0.1, -0.05) is 29.8 Å². The van der Waals surface area contributed by atoms with Crippen LogP contribution in [0, 0.1) is 0 Å². The average Bonchev–Trinajstić information content (AvgIpc) is 2.50. The summed E-state index contributed by atoms with van der Waals surface area (Å²) in [5, 5.41) is 3.18. The number of amides is 1. The minimum Gasteiger partial charge on any atom is -0.497 e. The smallest absolute Gasteiger partial charge is 0.227 e. The van der Waals surface area contributed by atoms with Crippen LogP contribution in [0.3, 0.4) is 0 Å². The molecular weight excluding hydrogens is 290 g/mol. The average molecular weight is 306 g/mol. The second kappa shape index (κ2) is 7.55. The quantitative estimate of drug-likeness (QED) is 0.884. The molecule has 0 fully saturated rings. The lowest BCUT2D eigenvalue weighted by molar-refractivity contribution is -0.116. The number of benzene rings is 2. The first-order valence-corrected chi connectivity index (χ1v) is 6.88. The molecule has 4 nitrogen and oxygen atoms in total. The maximum Gasteiger partial charge on any atom is 0.227 e. The lowest BCUT2D eigenvalue weighted by atomic mass is 10.3. The third-order valence-corrected chi connectivity index (χ3v) is 3.10. The standard InChI is InChI=1S/C16H16ClNO3/c1-20-13-7-8-15(14(17)11-13)18-16(19)9-10-21-12-5-3-2-4-6-12/h2-8,11H,9-10H2,1H3,(H,18,19). The van der Waals surface area contributed by atoms with Crippen LogP contribution in [0.4, 0.5) is 5.69 Å². The molecule has 0 saturated carbocycles. The lowest BCUT2D eigenvalue weighted by Crippen LogP contribution is -2.15. The van der Waals surface area contributed by atoms with E-state index in [0.717, 1.165) is 5.75 Å². The van der Waals surface area contributed by atoms with Gasteiger partial charge in [-0.15, -0.1) is 0 Å². The molecule has 2 aromatic carbocycles. The molecule has 0 saturated heterocycles. The van der Waals surface area contributed by atoms with Crippen molar-refractivity contribution in [2.24, 2.45) is 0 Å². The van der Waals surface area contributed by atoms with Gasteiger partial charge in [0.2, 0.25) is 5.91 Å². The van der Waals surface area contributed by atoms with Crippen molar-refractivity contribution in [2.45, 2.75) is 6.42 Å². The van der Waals surface area contributed by atoms with E-state index in [9.17, 15) is 4.79 Å².